The van der Waals surface area contributed by atoms with Gasteiger partial charge >= 0.3 is 0 Å². The molecule has 0 bridgehead atoms. The number of ether oxygens (including phenoxy) is 2. The number of halogens is 1. The normalized spacial score (nSPS) is 42.9. The zero-order chi connectivity index (χ0) is 20.9. The van der Waals surface area contributed by atoms with Crippen LogP contribution in [0.15, 0.2) is 0 Å². The van der Waals surface area contributed by atoms with Crippen LogP contribution in [0.4, 0.5) is 0 Å². The van der Waals surface area contributed by atoms with E-state index < -0.39 is 0 Å². The van der Waals surface area contributed by atoms with Crippen LogP contribution < -0.4 is 16.1 Å². The van der Waals surface area contributed by atoms with E-state index in [0.717, 1.165) is 50.9 Å². The lowest BCUT2D eigenvalue weighted by Crippen LogP contribution is -2.49. The standard InChI is InChI=1S/C23H43N3O4.ClH/c1-3-28-20-11-8-15(14-21(20)29-4-2)23-25-22(26-30-23)18-7-5-6-17-16(18)9-10-19(17)24-12-13-27;/h15-27H,3-14H2,1-2H3;1H. The molecule has 0 aromatic carbocycles. The minimum atomic E-state index is 0. The number of hydrogen-bond donors (Lipinski definition) is 4. The van der Waals surface area contributed by atoms with Crippen molar-refractivity contribution in [3.8, 4) is 0 Å². The zero-order valence-corrected chi connectivity index (χ0v) is 20.1. The number of fused-ring (bicyclic) bond motifs is 1. The minimum absolute atomic E-state index is 0. The van der Waals surface area contributed by atoms with Gasteiger partial charge in [0.05, 0.1) is 25.0 Å². The molecular formula is C23H44ClN3O4. The van der Waals surface area contributed by atoms with Crippen LogP contribution >= 0.6 is 12.4 Å². The summed E-state index contributed by atoms with van der Waals surface area (Å²) in [6.07, 6.45) is 10.3. The molecule has 0 aromatic rings. The second-order valence-corrected chi connectivity index (χ2v) is 9.65. The Labute approximate surface area is 194 Å². The maximum absolute atomic E-state index is 9.18. The molecule has 7 nitrogen and oxygen atoms in total. The zero-order valence-electron chi connectivity index (χ0n) is 19.3. The lowest BCUT2D eigenvalue weighted by Gasteiger charge is -2.39. The average Bonchev–Trinajstić information content (AvgIpc) is 3.41. The first-order valence-corrected chi connectivity index (χ1v) is 12.5. The highest BCUT2D eigenvalue weighted by molar-refractivity contribution is 5.85. The molecule has 3 saturated carbocycles. The van der Waals surface area contributed by atoms with Gasteiger partial charge in [0, 0.05) is 31.7 Å². The fourth-order valence-electron chi connectivity index (χ4n) is 6.80. The second-order valence-electron chi connectivity index (χ2n) is 9.65. The summed E-state index contributed by atoms with van der Waals surface area (Å²) >= 11 is 0. The van der Waals surface area contributed by atoms with Crippen molar-refractivity contribution in [1.82, 2.24) is 16.1 Å². The Morgan fingerprint density at radius 1 is 0.935 bits per heavy atom. The molecule has 0 amide bonds. The molecule has 0 spiro atoms. The van der Waals surface area contributed by atoms with Crippen molar-refractivity contribution in [1.29, 1.82) is 0 Å². The van der Waals surface area contributed by atoms with E-state index in [1.807, 2.05) is 0 Å². The molecule has 4 rings (SSSR count). The first-order chi connectivity index (χ1) is 14.7. The number of hydrogen-bond acceptors (Lipinski definition) is 7. The van der Waals surface area contributed by atoms with Crippen LogP contribution in [0, 0.1) is 23.7 Å². The van der Waals surface area contributed by atoms with E-state index in [1.165, 1.54) is 32.1 Å². The summed E-state index contributed by atoms with van der Waals surface area (Å²) in [6.45, 7) is 6.56. The fourth-order valence-corrected chi connectivity index (χ4v) is 6.80. The van der Waals surface area contributed by atoms with Gasteiger partial charge in [-0.15, -0.1) is 12.4 Å². The van der Waals surface area contributed by atoms with Gasteiger partial charge in [-0.3, -0.25) is 10.2 Å². The fraction of sp³-hybridized carbons (Fsp3) is 1.00. The summed E-state index contributed by atoms with van der Waals surface area (Å²) in [4.78, 5) is 6.11. The molecule has 8 heteroatoms. The van der Waals surface area contributed by atoms with Gasteiger partial charge in [-0.25, -0.2) is 0 Å². The molecular weight excluding hydrogens is 418 g/mol. The summed E-state index contributed by atoms with van der Waals surface area (Å²) in [5.74, 6) is 2.56. The topological polar surface area (TPSA) is 84.0 Å². The summed E-state index contributed by atoms with van der Waals surface area (Å²) in [7, 11) is 0. The number of nitrogens with one attached hydrogen (secondary N) is 3. The van der Waals surface area contributed by atoms with E-state index in [2.05, 4.69) is 30.0 Å². The molecule has 9 unspecified atom stereocenters. The summed E-state index contributed by atoms with van der Waals surface area (Å²) in [5, 5.41) is 16.6. The van der Waals surface area contributed by atoms with Crippen LogP contribution in [0.5, 0.6) is 0 Å². The van der Waals surface area contributed by atoms with Crippen LogP contribution in [0.1, 0.15) is 65.2 Å². The molecule has 3 aliphatic carbocycles. The SMILES string of the molecule is CCOC1CCC(C2NC(C3CCCC4C(NCCO)CCC43)NO2)CC1OCC.Cl. The van der Waals surface area contributed by atoms with E-state index in [1.54, 1.807) is 0 Å². The third-order valence-electron chi connectivity index (χ3n) is 8.08. The van der Waals surface area contributed by atoms with Gasteiger partial charge < -0.3 is 19.9 Å². The Morgan fingerprint density at radius 2 is 1.71 bits per heavy atom. The predicted octanol–water partition coefficient (Wildman–Crippen LogP) is 2.57. The van der Waals surface area contributed by atoms with Crippen molar-refractivity contribution < 1.29 is 19.4 Å². The molecule has 1 heterocycles. The number of aliphatic hydroxyl groups excluding tert-OH is 1. The van der Waals surface area contributed by atoms with Crippen LogP contribution in [-0.2, 0) is 14.3 Å². The highest BCUT2D eigenvalue weighted by Gasteiger charge is 2.47. The molecule has 1 aliphatic heterocycles. The van der Waals surface area contributed by atoms with Gasteiger partial charge in [0.2, 0.25) is 0 Å². The molecule has 0 aromatic heterocycles. The summed E-state index contributed by atoms with van der Waals surface area (Å²) in [5.41, 5.74) is 3.38. The first kappa shape index (κ1) is 25.6. The molecule has 4 fully saturated rings. The van der Waals surface area contributed by atoms with Crippen LogP contribution in [0.25, 0.3) is 0 Å². The quantitative estimate of drug-likeness (QED) is 0.420. The van der Waals surface area contributed by atoms with Crippen molar-refractivity contribution in [2.24, 2.45) is 23.7 Å². The van der Waals surface area contributed by atoms with Gasteiger partial charge in [0.15, 0.2) is 0 Å². The van der Waals surface area contributed by atoms with Crippen LogP contribution in [0.3, 0.4) is 0 Å². The molecule has 4 aliphatic rings. The lowest BCUT2D eigenvalue weighted by atomic mass is 9.71. The number of aliphatic hydroxyl groups is 1. The van der Waals surface area contributed by atoms with Crippen LogP contribution in [-0.4, -0.2) is 62.1 Å². The van der Waals surface area contributed by atoms with Gasteiger partial charge in [0.25, 0.3) is 0 Å². The lowest BCUT2D eigenvalue weighted by molar-refractivity contribution is -0.118. The van der Waals surface area contributed by atoms with E-state index in [-0.39, 0.29) is 43.6 Å². The van der Waals surface area contributed by atoms with Gasteiger partial charge in [-0.05, 0) is 76.5 Å². The summed E-state index contributed by atoms with van der Waals surface area (Å²) in [6, 6.07) is 0.573. The molecule has 4 N–H and O–H groups in total. The van der Waals surface area contributed by atoms with E-state index >= 15 is 0 Å². The van der Waals surface area contributed by atoms with E-state index in [4.69, 9.17) is 14.3 Å². The first-order valence-electron chi connectivity index (χ1n) is 12.5. The van der Waals surface area contributed by atoms with Gasteiger partial charge in [-0.2, -0.15) is 5.48 Å². The largest absolute Gasteiger partial charge is 0.395 e. The Kier molecular flexibility index (Phi) is 10.3. The third-order valence-corrected chi connectivity index (χ3v) is 8.08. The van der Waals surface area contributed by atoms with Crippen molar-refractivity contribution in [3.63, 3.8) is 0 Å². The molecule has 182 valence electrons. The van der Waals surface area contributed by atoms with Gasteiger partial charge in [0.1, 0.15) is 6.23 Å². The average molecular weight is 462 g/mol. The Balaban J connectivity index is 0.00000272. The smallest absolute Gasteiger partial charge is 0.133 e. The van der Waals surface area contributed by atoms with Crippen molar-refractivity contribution in [2.75, 3.05) is 26.4 Å². The summed E-state index contributed by atoms with van der Waals surface area (Å²) < 4.78 is 12.0. The number of hydroxylamine groups is 1. The molecule has 0 radical (unpaired) electrons. The highest BCUT2D eigenvalue weighted by Crippen LogP contribution is 2.47. The number of rotatable bonds is 9. The molecule has 9 atom stereocenters. The van der Waals surface area contributed by atoms with Gasteiger partial charge in [-0.1, -0.05) is 6.42 Å². The minimum Gasteiger partial charge on any atom is -0.395 e. The predicted molar refractivity (Wildman–Crippen MR) is 123 cm³/mol. The van der Waals surface area contributed by atoms with E-state index in [9.17, 15) is 5.11 Å². The Morgan fingerprint density at radius 3 is 2.48 bits per heavy atom. The Bertz CT molecular complexity index is 531. The maximum Gasteiger partial charge on any atom is 0.133 e. The highest BCUT2D eigenvalue weighted by atomic mass is 35.5. The van der Waals surface area contributed by atoms with Crippen LogP contribution in [0.2, 0.25) is 0 Å². The van der Waals surface area contributed by atoms with Crippen molar-refractivity contribution in [2.45, 2.75) is 95.9 Å². The third kappa shape index (κ3) is 5.93. The van der Waals surface area contributed by atoms with E-state index in [0.29, 0.717) is 17.9 Å². The monoisotopic (exact) mass is 461 g/mol. The maximum atomic E-state index is 9.18. The van der Waals surface area contributed by atoms with Crippen molar-refractivity contribution in [3.05, 3.63) is 0 Å². The molecule has 31 heavy (non-hydrogen) atoms. The van der Waals surface area contributed by atoms with Crippen molar-refractivity contribution >= 4 is 12.4 Å². The Hall–Kier alpha value is 0.01000. The second kappa shape index (κ2) is 12.5. The molecule has 1 saturated heterocycles.